The molecule has 0 fully saturated rings. The van der Waals surface area contributed by atoms with Crippen molar-refractivity contribution in [1.29, 1.82) is 0 Å². The van der Waals surface area contributed by atoms with Crippen LogP contribution in [0.15, 0.2) is 24.3 Å². The molecule has 1 aromatic carbocycles. The summed E-state index contributed by atoms with van der Waals surface area (Å²) >= 11 is 0. The summed E-state index contributed by atoms with van der Waals surface area (Å²) in [7, 11) is 0. The molecule has 1 unspecified atom stereocenters. The number of unbranched alkanes of at least 4 members (excludes halogenated alkanes) is 1. The normalized spacial score (nSPS) is 12.9. The molecule has 1 atom stereocenters. The van der Waals surface area contributed by atoms with Crippen LogP contribution in [0.2, 0.25) is 0 Å². The Morgan fingerprint density at radius 3 is 2.48 bits per heavy atom. The Bertz CT molecular complexity index is 400. The fourth-order valence-corrected chi connectivity index (χ4v) is 2.02. The highest BCUT2D eigenvalue weighted by Gasteiger charge is 2.13. The molecule has 5 heteroatoms. The first-order valence-corrected chi connectivity index (χ1v) is 7.39. The first kappa shape index (κ1) is 17.9. The molecule has 0 radical (unpaired) electrons. The summed E-state index contributed by atoms with van der Waals surface area (Å²) in [6, 6.07) is 6.85. The molecule has 0 saturated heterocycles. The standard InChI is InChI=1S/C16H25F2NO2/c1-12(2)20-11-7-6-10-19-13(3)14-8-4-5-9-15(14)21-16(17)18/h4-5,8-9,12-13,16,19H,6-7,10-11H2,1-3H3. The van der Waals surface area contributed by atoms with Gasteiger partial charge >= 0.3 is 6.61 Å². The van der Waals surface area contributed by atoms with Crippen LogP contribution in [0.3, 0.4) is 0 Å². The minimum Gasteiger partial charge on any atom is -0.434 e. The van der Waals surface area contributed by atoms with Gasteiger partial charge in [-0.15, -0.1) is 0 Å². The van der Waals surface area contributed by atoms with E-state index in [2.05, 4.69) is 10.1 Å². The Labute approximate surface area is 125 Å². The summed E-state index contributed by atoms with van der Waals surface area (Å²) in [6.07, 6.45) is 2.22. The molecule has 0 saturated carbocycles. The Balaban J connectivity index is 2.36. The van der Waals surface area contributed by atoms with Crippen molar-refractivity contribution >= 4 is 0 Å². The molecule has 0 aliphatic heterocycles. The van der Waals surface area contributed by atoms with Crippen molar-refractivity contribution in [2.75, 3.05) is 13.2 Å². The minimum atomic E-state index is -2.80. The van der Waals surface area contributed by atoms with E-state index >= 15 is 0 Å². The smallest absolute Gasteiger partial charge is 0.387 e. The van der Waals surface area contributed by atoms with Gasteiger partial charge < -0.3 is 14.8 Å². The second kappa shape index (κ2) is 9.68. The van der Waals surface area contributed by atoms with Crippen LogP contribution in [0.1, 0.15) is 45.2 Å². The van der Waals surface area contributed by atoms with E-state index in [0.29, 0.717) is 0 Å². The Morgan fingerprint density at radius 1 is 1.10 bits per heavy atom. The Morgan fingerprint density at radius 2 is 1.81 bits per heavy atom. The molecule has 1 aromatic rings. The van der Waals surface area contributed by atoms with Crippen LogP contribution in [0.4, 0.5) is 8.78 Å². The Kier molecular flexibility index (Phi) is 8.23. The molecule has 0 aliphatic rings. The fourth-order valence-electron chi connectivity index (χ4n) is 2.02. The highest BCUT2D eigenvalue weighted by molar-refractivity contribution is 5.35. The topological polar surface area (TPSA) is 30.5 Å². The third-order valence-corrected chi connectivity index (χ3v) is 3.07. The molecule has 0 heterocycles. The van der Waals surface area contributed by atoms with E-state index in [1.165, 1.54) is 0 Å². The lowest BCUT2D eigenvalue weighted by Gasteiger charge is -2.18. The number of para-hydroxylation sites is 1. The molecule has 0 aliphatic carbocycles. The number of hydrogen-bond donors (Lipinski definition) is 1. The predicted molar refractivity (Wildman–Crippen MR) is 79.8 cm³/mol. The van der Waals surface area contributed by atoms with Crippen molar-refractivity contribution in [3.8, 4) is 5.75 Å². The average molecular weight is 301 g/mol. The molecular weight excluding hydrogens is 276 g/mol. The van der Waals surface area contributed by atoms with Crippen molar-refractivity contribution in [2.45, 2.75) is 52.4 Å². The van der Waals surface area contributed by atoms with E-state index in [-0.39, 0.29) is 17.9 Å². The molecule has 1 rings (SSSR count). The van der Waals surface area contributed by atoms with Gasteiger partial charge in [0.15, 0.2) is 0 Å². The molecular formula is C16H25F2NO2. The van der Waals surface area contributed by atoms with Gasteiger partial charge in [-0.2, -0.15) is 8.78 Å². The zero-order chi connectivity index (χ0) is 15.7. The van der Waals surface area contributed by atoms with Crippen LogP contribution >= 0.6 is 0 Å². The average Bonchev–Trinajstić information content (AvgIpc) is 2.42. The van der Waals surface area contributed by atoms with Crippen LogP contribution in [0, 0.1) is 0 Å². The lowest BCUT2D eigenvalue weighted by Crippen LogP contribution is -2.21. The number of benzene rings is 1. The molecule has 0 spiro atoms. The van der Waals surface area contributed by atoms with Gasteiger partial charge in [-0.05, 0) is 46.2 Å². The summed E-state index contributed by atoms with van der Waals surface area (Å²) in [5.41, 5.74) is 0.747. The van der Waals surface area contributed by atoms with Gasteiger partial charge in [-0.25, -0.2) is 0 Å². The lowest BCUT2D eigenvalue weighted by atomic mass is 10.1. The van der Waals surface area contributed by atoms with Gasteiger partial charge in [0.2, 0.25) is 0 Å². The van der Waals surface area contributed by atoms with Crippen LogP contribution < -0.4 is 10.1 Å². The summed E-state index contributed by atoms with van der Waals surface area (Å²) in [5, 5.41) is 3.32. The van der Waals surface area contributed by atoms with Gasteiger partial charge in [0.25, 0.3) is 0 Å². The van der Waals surface area contributed by atoms with E-state index in [0.717, 1.165) is 31.6 Å². The number of hydrogen-bond acceptors (Lipinski definition) is 3. The third kappa shape index (κ3) is 7.39. The van der Waals surface area contributed by atoms with Gasteiger partial charge in [0.05, 0.1) is 6.10 Å². The van der Waals surface area contributed by atoms with Crippen LogP contribution in [-0.2, 0) is 4.74 Å². The van der Waals surface area contributed by atoms with E-state index in [4.69, 9.17) is 4.74 Å². The maximum Gasteiger partial charge on any atom is 0.387 e. The van der Waals surface area contributed by atoms with Crippen molar-refractivity contribution in [1.82, 2.24) is 5.32 Å². The molecule has 1 N–H and O–H groups in total. The Hall–Kier alpha value is -1.20. The van der Waals surface area contributed by atoms with Crippen LogP contribution in [-0.4, -0.2) is 25.9 Å². The lowest BCUT2D eigenvalue weighted by molar-refractivity contribution is -0.0506. The third-order valence-electron chi connectivity index (χ3n) is 3.07. The zero-order valence-corrected chi connectivity index (χ0v) is 12.9. The maximum atomic E-state index is 12.4. The minimum absolute atomic E-state index is 0.0361. The molecule has 0 aromatic heterocycles. The first-order valence-electron chi connectivity index (χ1n) is 7.39. The quantitative estimate of drug-likeness (QED) is 0.659. The largest absolute Gasteiger partial charge is 0.434 e. The molecule has 0 amide bonds. The molecule has 21 heavy (non-hydrogen) atoms. The fraction of sp³-hybridized carbons (Fsp3) is 0.625. The molecule has 3 nitrogen and oxygen atoms in total. The number of halogens is 2. The van der Waals surface area contributed by atoms with Crippen molar-refractivity contribution in [3.63, 3.8) is 0 Å². The highest BCUT2D eigenvalue weighted by Crippen LogP contribution is 2.26. The van der Waals surface area contributed by atoms with Crippen LogP contribution in [0.25, 0.3) is 0 Å². The van der Waals surface area contributed by atoms with Gasteiger partial charge in [0, 0.05) is 18.2 Å². The summed E-state index contributed by atoms with van der Waals surface area (Å²) in [5.74, 6) is 0.232. The highest BCUT2D eigenvalue weighted by atomic mass is 19.3. The van der Waals surface area contributed by atoms with Crippen molar-refractivity contribution in [2.24, 2.45) is 0 Å². The summed E-state index contributed by atoms with van der Waals surface area (Å²) in [6.45, 7) is 4.73. The SMILES string of the molecule is CC(C)OCCCCNC(C)c1ccccc1OC(F)F. The second-order valence-corrected chi connectivity index (χ2v) is 5.22. The van der Waals surface area contributed by atoms with Crippen molar-refractivity contribution in [3.05, 3.63) is 29.8 Å². The first-order chi connectivity index (χ1) is 10.0. The maximum absolute atomic E-state index is 12.4. The van der Waals surface area contributed by atoms with Gasteiger partial charge in [-0.1, -0.05) is 18.2 Å². The number of ether oxygens (including phenoxy) is 2. The van der Waals surface area contributed by atoms with E-state index in [1.807, 2.05) is 26.8 Å². The summed E-state index contributed by atoms with van der Waals surface area (Å²) < 4.78 is 34.7. The number of alkyl halides is 2. The van der Waals surface area contributed by atoms with E-state index in [9.17, 15) is 8.78 Å². The molecule has 0 bridgehead atoms. The van der Waals surface area contributed by atoms with Gasteiger partial charge in [-0.3, -0.25) is 0 Å². The molecule has 120 valence electrons. The number of nitrogens with one attached hydrogen (secondary N) is 1. The summed E-state index contributed by atoms with van der Waals surface area (Å²) in [4.78, 5) is 0. The van der Waals surface area contributed by atoms with E-state index in [1.54, 1.807) is 18.2 Å². The van der Waals surface area contributed by atoms with Gasteiger partial charge in [0.1, 0.15) is 5.75 Å². The monoisotopic (exact) mass is 301 g/mol. The van der Waals surface area contributed by atoms with Crippen molar-refractivity contribution < 1.29 is 18.3 Å². The number of rotatable bonds is 10. The van der Waals surface area contributed by atoms with Crippen LogP contribution in [0.5, 0.6) is 5.75 Å². The zero-order valence-electron chi connectivity index (χ0n) is 12.9. The predicted octanol–water partition coefficient (Wildman–Crippen LogP) is 4.14. The second-order valence-electron chi connectivity index (χ2n) is 5.22. The van der Waals surface area contributed by atoms with E-state index < -0.39 is 6.61 Å².